The molecule has 4 heteroatoms. The molecule has 0 aromatic heterocycles. The van der Waals surface area contributed by atoms with Gasteiger partial charge in [0.05, 0.1) is 0 Å². The number of nitrogens with zero attached hydrogens (tertiary/aromatic N) is 1. The van der Waals surface area contributed by atoms with E-state index >= 15 is 0 Å². The van der Waals surface area contributed by atoms with Crippen LogP contribution in [-0.4, -0.2) is 36.5 Å². The molecule has 1 aliphatic rings. The maximum atomic E-state index is 13.0. The summed E-state index contributed by atoms with van der Waals surface area (Å²) in [5.41, 5.74) is 0.908. The number of carbonyl (C=O) groups is 1. The van der Waals surface area contributed by atoms with Gasteiger partial charge in [0.15, 0.2) is 0 Å². The van der Waals surface area contributed by atoms with Gasteiger partial charge in [0.1, 0.15) is 6.67 Å². The molecule has 3 nitrogen and oxygen atoms in total. The van der Waals surface area contributed by atoms with Crippen molar-refractivity contribution in [2.45, 2.75) is 39.4 Å². The first-order chi connectivity index (χ1) is 10.1. The Labute approximate surface area is 126 Å². The van der Waals surface area contributed by atoms with Crippen LogP contribution in [0.5, 0.6) is 0 Å². The van der Waals surface area contributed by atoms with Crippen molar-refractivity contribution >= 4 is 5.91 Å². The van der Waals surface area contributed by atoms with Crippen LogP contribution in [0.15, 0.2) is 24.3 Å². The number of amides is 1. The molecule has 2 rings (SSSR count). The Hall–Kier alpha value is -1.42. The summed E-state index contributed by atoms with van der Waals surface area (Å²) in [5, 5.41) is 3.09. The Bertz CT molecular complexity index is 470. The number of hydrogen-bond acceptors (Lipinski definition) is 2. The first-order valence-electron chi connectivity index (χ1n) is 7.79. The summed E-state index contributed by atoms with van der Waals surface area (Å²) >= 11 is 0. The van der Waals surface area contributed by atoms with Crippen molar-refractivity contribution in [2.24, 2.45) is 5.92 Å². The molecule has 0 radical (unpaired) electrons. The maximum Gasteiger partial charge on any atom is 0.251 e. The van der Waals surface area contributed by atoms with Crippen LogP contribution in [0.25, 0.3) is 0 Å². The van der Waals surface area contributed by atoms with Crippen LogP contribution < -0.4 is 5.32 Å². The van der Waals surface area contributed by atoms with Crippen molar-refractivity contribution in [2.75, 3.05) is 19.6 Å². The molecule has 0 spiro atoms. The number of carbonyl (C=O) groups excluding carboxylic acids is 1. The van der Waals surface area contributed by atoms with E-state index in [-0.39, 0.29) is 11.9 Å². The van der Waals surface area contributed by atoms with Gasteiger partial charge in [-0.25, -0.2) is 4.39 Å². The molecule has 1 heterocycles. The monoisotopic (exact) mass is 292 g/mol. The molecular formula is C17H25FN2O. The second-order valence-corrected chi connectivity index (χ2v) is 6.12. The van der Waals surface area contributed by atoms with E-state index < -0.39 is 6.67 Å². The van der Waals surface area contributed by atoms with E-state index in [9.17, 15) is 9.18 Å². The van der Waals surface area contributed by atoms with Gasteiger partial charge >= 0.3 is 0 Å². The van der Waals surface area contributed by atoms with Crippen molar-refractivity contribution in [3.05, 3.63) is 35.4 Å². The topological polar surface area (TPSA) is 32.3 Å². The fraction of sp³-hybridized carbons (Fsp3) is 0.588. The van der Waals surface area contributed by atoms with Crippen molar-refractivity contribution in [1.29, 1.82) is 0 Å². The van der Waals surface area contributed by atoms with E-state index in [0.717, 1.165) is 19.6 Å². The third kappa shape index (κ3) is 4.27. The zero-order valence-electron chi connectivity index (χ0n) is 12.9. The molecule has 1 amide bonds. The Balaban J connectivity index is 2.03. The Morgan fingerprint density at radius 2 is 1.95 bits per heavy atom. The molecule has 0 aliphatic carbocycles. The van der Waals surface area contributed by atoms with Gasteiger partial charge in [0.25, 0.3) is 5.91 Å². The minimum Gasteiger partial charge on any atom is -0.348 e. The number of rotatable bonds is 6. The van der Waals surface area contributed by atoms with Crippen LogP contribution in [0.3, 0.4) is 0 Å². The van der Waals surface area contributed by atoms with Crippen LogP contribution >= 0.6 is 0 Å². The highest BCUT2D eigenvalue weighted by molar-refractivity contribution is 5.95. The summed E-state index contributed by atoms with van der Waals surface area (Å²) in [7, 11) is 0. The highest BCUT2D eigenvalue weighted by Crippen LogP contribution is 2.14. The number of likely N-dealkylation sites (tertiary alicyclic amines) is 1. The molecule has 116 valence electrons. The molecule has 1 N–H and O–H groups in total. The zero-order valence-corrected chi connectivity index (χ0v) is 12.9. The van der Waals surface area contributed by atoms with Gasteiger partial charge in [-0.15, -0.1) is 0 Å². The lowest BCUT2D eigenvalue weighted by Gasteiger charge is -2.27. The molecule has 21 heavy (non-hydrogen) atoms. The van der Waals surface area contributed by atoms with Crippen LogP contribution in [0.4, 0.5) is 4.39 Å². The normalized spacial score (nSPS) is 17.1. The minimum atomic E-state index is -0.609. The van der Waals surface area contributed by atoms with E-state index in [1.807, 2.05) is 0 Å². The van der Waals surface area contributed by atoms with E-state index in [1.165, 1.54) is 12.8 Å². The molecule has 0 saturated carbocycles. The zero-order chi connectivity index (χ0) is 15.2. The molecule has 1 fully saturated rings. The average molecular weight is 292 g/mol. The van der Waals surface area contributed by atoms with Crippen molar-refractivity contribution in [1.82, 2.24) is 10.2 Å². The van der Waals surface area contributed by atoms with Crippen molar-refractivity contribution < 1.29 is 9.18 Å². The molecule has 1 saturated heterocycles. The molecular weight excluding hydrogens is 267 g/mol. The van der Waals surface area contributed by atoms with E-state index in [2.05, 4.69) is 24.1 Å². The van der Waals surface area contributed by atoms with Crippen LogP contribution in [-0.2, 0) is 6.67 Å². The smallest absolute Gasteiger partial charge is 0.251 e. The average Bonchev–Trinajstić information content (AvgIpc) is 2.99. The predicted octanol–water partition coefficient (Wildman–Crippen LogP) is 3.01. The van der Waals surface area contributed by atoms with Gasteiger partial charge in [-0.1, -0.05) is 32.0 Å². The van der Waals surface area contributed by atoms with E-state index in [0.29, 0.717) is 17.0 Å². The second-order valence-electron chi connectivity index (χ2n) is 6.12. The summed E-state index contributed by atoms with van der Waals surface area (Å²) in [6.45, 7) is 6.72. The third-order valence-corrected chi connectivity index (χ3v) is 4.18. The molecule has 1 aromatic rings. The SMILES string of the molecule is CC(C)C(CN1CCCC1)NC(=O)c1ccccc1CF. The summed E-state index contributed by atoms with van der Waals surface area (Å²) in [6.07, 6.45) is 2.48. The fourth-order valence-corrected chi connectivity index (χ4v) is 2.77. The Kier molecular flexibility index (Phi) is 5.74. The summed E-state index contributed by atoms with van der Waals surface area (Å²) in [4.78, 5) is 14.8. The number of alkyl halides is 1. The number of hydrogen-bond donors (Lipinski definition) is 1. The second kappa shape index (κ2) is 7.55. The number of benzene rings is 1. The lowest BCUT2D eigenvalue weighted by molar-refractivity contribution is 0.0911. The summed E-state index contributed by atoms with van der Waals surface area (Å²) in [5.74, 6) is 0.188. The van der Waals surface area contributed by atoms with Crippen LogP contribution in [0.2, 0.25) is 0 Å². The standard InChI is InChI=1S/C17H25FN2O/c1-13(2)16(12-20-9-5-6-10-20)19-17(21)15-8-4-3-7-14(15)11-18/h3-4,7-8,13,16H,5-6,9-12H2,1-2H3,(H,19,21). The summed E-state index contributed by atoms with van der Waals surface area (Å²) < 4.78 is 13.0. The largest absolute Gasteiger partial charge is 0.348 e. The highest BCUT2D eigenvalue weighted by atomic mass is 19.1. The highest BCUT2D eigenvalue weighted by Gasteiger charge is 2.22. The van der Waals surface area contributed by atoms with Gasteiger partial charge < -0.3 is 10.2 Å². The Morgan fingerprint density at radius 3 is 2.57 bits per heavy atom. The van der Waals surface area contributed by atoms with Crippen molar-refractivity contribution in [3.63, 3.8) is 0 Å². The van der Waals surface area contributed by atoms with Gasteiger partial charge in [0.2, 0.25) is 0 Å². The lowest BCUT2D eigenvalue weighted by Crippen LogP contribution is -2.46. The first kappa shape index (κ1) is 16.0. The summed E-state index contributed by atoms with van der Waals surface area (Å²) in [6, 6.07) is 7.00. The predicted molar refractivity (Wildman–Crippen MR) is 83.0 cm³/mol. The van der Waals surface area contributed by atoms with E-state index in [1.54, 1.807) is 24.3 Å². The number of halogens is 1. The van der Waals surface area contributed by atoms with Crippen LogP contribution in [0, 0.1) is 5.92 Å². The maximum absolute atomic E-state index is 13.0. The Morgan fingerprint density at radius 1 is 1.29 bits per heavy atom. The fourth-order valence-electron chi connectivity index (χ4n) is 2.77. The van der Waals surface area contributed by atoms with Crippen molar-refractivity contribution in [3.8, 4) is 0 Å². The van der Waals surface area contributed by atoms with Gasteiger partial charge in [0, 0.05) is 18.2 Å². The first-order valence-corrected chi connectivity index (χ1v) is 7.79. The minimum absolute atomic E-state index is 0.100. The van der Waals surface area contributed by atoms with Gasteiger partial charge in [-0.2, -0.15) is 0 Å². The van der Waals surface area contributed by atoms with Gasteiger partial charge in [-0.3, -0.25) is 4.79 Å². The molecule has 1 unspecified atom stereocenters. The molecule has 0 bridgehead atoms. The molecule has 1 aliphatic heterocycles. The molecule has 1 atom stereocenters. The third-order valence-electron chi connectivity index (χ3n) is 4.18. The van der Waals surface area contributed by atoms with E-state index in [4.69, 9.17) is 0 Å². The lowest BCUT2D eigenvalue weighted by atomic mass is 10.0. The number of nitrogens with one attached hydrogen (secondary N) is 1. The quantitative estimate of drug-likeness (QED) is 0.874. The van der Waals surface area contributed by atoms with Crippen LogP contribution in [0.1, 0.15) is 42.6 Å². The molecule has 1 aromatic carbocycles. The van der Waals surface area contributed by atoms with Gasteiger partial charge in [-0.05, 0) is 43.5 Å².